The quantitative estimate of drug-likeness (QED) is 0.891. The van der Waals surface area contributed by atoms with Gasteiger partial charge in [0.15, 0.2) is 0 Å². The van der Waals surface area contributed by atoms with Crippen molar-refractivity contribution in [3.8, 4) is 5.75 Å². The molecule has 22 heavy (non-hydrogen) atoms. The topological polar surface area (TPSA) is 67.2 Å². The van der Waals surface area contributed by atoms with Gasteiger partial charge in [0, 0.05) is 17.8 Å². The summed E-state index contributed by atoms with van der Waals surface area (Å²) in [7, 11) is 0. The van der Waals surface area contributed by atoms with Crippen molar-refractivity contribution in [3.05, 3.63) is 46.3 Å². The van der Waals surface area contributed by atoms with Crippen LogP contribution in [0.1, 0.15) is 39.8 Å². The maximum atomic E-state index is 12.1. The highest BCUT2D eigenvalue weighted by Gasteiger charge is 2.10. The molecule has 2 N–H and O–H groups in total. The van der Waals surface area contributed by atoms with Gasteiger partial charge in [0.25, 0.3) is 5.91 Å². The van der Waals surface area contributed by atoms with E-state index in [1.165, 1.54) is 11.6 Å². The van der Waals surface area contributed by atoms with Gasteiger partial charge in [0.05, 0.1) is 12.2 Å². The van der Waals surface area contributed by atoms with Crippen LogP contribution in [0.15, 0.2) is 18.2 Å². The molecule has 0 bridgehead atoms. The van der Waals surface area contributed by atoms with E-state index >= 15 is 0 Å². The number of nitrogens with zero attached hydrogens (tertiary/aromatic N) is 2. The van der Waals surface area contributed by atoms with Gasteiger partial charge < -0.3 is 10.4 Å². The van der Waals surface area contributed by atoms with Gasteiger partial charge >= 0.3 is 0 Å². The molecule has 0 aliphatic carbocycles. The van der Waals surface area contributed by atoms with Gasteiger partial charge in [-0.3, -0.25) is 9.48 Å². The van der Waals surface area contributed by atoms with E-state index in [-0.39, 0.29) is 11.7 Å². The molecule has 1 aromatic heterocycles. The zero-order chi connectivity index (χ0) is 16.3. The summed E-state index contributed by atoms with van der Waals surface area (Å²) in [6.07, 6.45) is 0.965. The summed E-state index contributed by atoms with van der Waals surface area (Å²) >= 11 is 0. The van der Waals surface area contributed by atoms with Crippen molar-refractivity contribution in [1.29, 1.82) is 0 Å². The van der Waals surface area contributed by atoms with Crippen LogP contribution < -0.4 is 5.32 Å². The third-order valence-electron chi connectivity index (χ3n) is 3.97. The summed E-state index contributed by atoms with van der Waals surface area (Å²) in [5.74, 6) is -0.0497. The molecule has 0 atom stereocenters. The molecule has 5 heteroatoms. The summed E-state index contributed by atoms with van der Waals surface area (Å²) in [6, 6.07) is 4.94. The van der Waals surface area contributed by atoms with E-state index < -0.39 is 0 Å². The Kier molecular flexibility index (Phi) is 4.85. The summed E-state index contributed by atoms with van der Waals surface area (Å²) in [6.45, 7) is 9.11. The molecule has 0 spiro atoms. The second-order valence-corrected chi connectivity index (χ2v) is 5.48. The standard InChI is InChI=1S/C17H23N3O2/c1-5-15-12(3)19-20(13(15)4)9-8-18-17(22)14-7-6-11(2)16(21)10-14/h6-7,10,21H,5,8-9H2,1-4H3,(H,18,22). The molecule has 2 aromatic rings. The molecule has 1 heterocycles. The Morgan fingerprint density at radius 2 is 2.05 bits per heavy atom. The number of aromatic nitrogens is 2. The van der Waals surface area contributed by atoms with Crippen LogP contribution in [0.25, 0.3) is 0 Å². The Morgan fingerprint density at radius 3 is 2.64 bits per heavy atom. The maximum Gasteiger partial charge on any atom is 0.251 e. The maximum absolute atomic E-state index is 12.1. The average molecular weight is 301 g/mol. The molecule has 0 fully saturated rings. The number of phenols is 1. The fourth-order valence-electron chi connectivity index (χ4n) is 2.59. The number of carbonyl (C=O) groups excluding carboxylic acids is 1. The Hall–Kier alpha value is -2.30. The monoisotopic (exact) mass is 301 g/mol. The lowest BCUT2D eigenvalue weighted by molar-refractivity contribution is 0.0951. The van der Waals surface area contributed by atoms with E-state index in [4.69, 9.17) is 0 Å². The van der Waals surface area contributed by atoms with E-state index in [2.05, 4.69) is 24.3 Å². The Labute approximate surface area is 131 Å². The largest absolute Gasteiger partial charge is 0.508 e. The van der Waals surface area contributed by atoms with Crippen LogP contribution in [-0.4, -0.2) is 27.3 Å². The summed E-state index contributed by atoms with van der Waals surface area (Å²) in [5, 5.41) is 17.0. The normalized spacial score (nSPS) is 10.7. The minimum Gasteiger partial charge on any atom is -0.508 e. The first-order valence-corrected chi connectivity index (χ1v) is 7.54. The number of hydrogen-bond acceptors (Lipinski definition) is 3. The number of nitrogens with one attached hydrogen (secondary N) is 1. The van der Waals surface area contributed by atoms with Crippen LogP contribution in [0.2, 0.25) is 0 Å². The van der Waals surface area contributed by atoms with E-state index in [9.17, 15) is 9.90 Å². The molecule has 0 aliphatic heterocycles. The van der Waals surface area contributed by atoms with E-state index in [0.29, 0.717) is 18.7 Å². The van der Waals surface area contributed by atoms with Crippen molar-refractivity contribution in [3.63, 3.8) is 0 Å². The van der Waals surface area contributed by atoms with Gasteiger partial charge in [-0.25, -0.2) is 0 Å². The Morgan fingerprint density at radius 1 is 1.32 bits per heavy atom. The molecule has 0 aliphatic rings. The molecule has 0 saturated carbocycles. The first-order chi connectivity index (χ1) is 10.4. The second-order valence-electron chi connectivity index (χ2n) is 5.48. The minimum absolute atomic E-state index is 0.138. The lowest BCUT2D eigenvalue weighted by Gasteiger charge is -2.08. The highest BCUT2D eigenvalue weighted by Crippen LogP contribution is 2.17. The first kappa shape index (κ1) is 16.1. The number of benzene rings is 1. The summed E-state index contributed by atoms with van der Waals surface area (Å²) in [4.78, 5) is 12.1. The van der Waals surface area contributed by atoms with Gasteiger partial charge in [-0.05, 0) is 50.5 Å². The number of carbonyl (C=O) groups is 1. The van der Waals surface area contributed by atoms with Gasteiger partial charge in [-0.15, -0.1) is 0 Å². The van der Waals surface area contributed by atoms with Gasteiger partial charge in [0.2, 0.25) is 0 Å². The number of aryl methyl sites for hydroxylation is 2. The lowest BCUT2D eigenvalue weighted by Crippen LogP contribution is -2.27. The molecular formula is C17H23N3O2. The van der Waals surface area contributed by atoms with Crippen LogP contribution >= 0.6 is 0 Å². The first-order valence-electron chi connectivity index (χ1n) is 7.54. The van der Waals surface area contributed by atoms with Crippen LogP contribution in [0, 0.1) is 20.8 Å². The smallest absolute Gasteiger partial charge is 0.251 e. The van der Waals surface area contributed by atoms with Gasteiger partial charge in [-0.2, -0.15) is 5.10 Å². The Bertz CT molecular complexity index is 689. The average Bonchev–Trinajstić information content (AvgIpc) is 2.75. The predicted molar refractivity (Wildman–Crippen MR) is 86.3 cm³/mol. The zero-order valence-corrected chi connectivity index (χ0v) is 13.6. The molecular weight excluding hydrogens is 278 g/mol. The summed E-state index contributed by atoms with van der Waals surface area (Å²) < 4.78 is 1.93. The van der Waals surface area contributed by atoms with Crippen molar-refractivity contribution < 1.29 is 9.90 Å². The molecule has 1 amide bonds. The van der Waals surface area contributed by atoms with Crippen LogP contribution in [-0.2, 0) is 13.0 Å². The SMILES string of the molecule is CCc1c(C)nn(CCNC(=O)c2ccc(C)c(O)c2)c1C. The molecule has 0 radical (unpaired) electrons. The third-order valence-corrected chi connectivity index (χ3v) is 3.97. The molecule has 1 aromatic carbocycles. The van der Waals surface area contributed by atoms with Crippen LogP contribution in [0.4, 0.5) is 0 Å². The number of rotatable bonds is 5. The van der Waals surface area contributed by atoms with Crippen molar-refractivity contribution in [2.24, 2.45) is 0 Å². The molecule has 0 unspecified atom stereocenters. The third kappa shape index (κ3) is 3.30. The molecule has 0 saturated heterocycles. The number of phenolic OH excluding ortho intramolecular Hbond substituents is 1. The molecule has 5 nitrogen and oxygen atoms in total. The van der Waals surface area contributed by atoms with E-state index in [1.54, 1.807) is 19.1 Å². The fraction of sp³-hybridized carbons (Fsp3) is 0.412. The molecule has 2 rings (SSSR count). The predicted octanol–water partition coefficient (Wildman–Crippen LogP) is 2.51. The van der Waals surface area contributed by atoms with Crippen LogP contribution in [0.3, 0.4) is 0 Å². The van der Waals surface area contributed by atoms with E-state index in [0.717, 1.165) is 23.4 Å². The van der Waals surface area contributed by atoms with Crippen molar-refractivity contribution in [2.75, 3.05) is 6.54 Å². The zero-order valence-electron chi connectivity index (χ0n) is 13.6. The van der Waals surface area contributed by atoms with Gasteiger partial charge in [-0.1, -0.05) is 13.0 Å². The Balaban J connectivity index is 1.96. The molecule has 118 valence electrons. The lowest BCUT2D eigenvalue weighted by atomic mass is 10.1. The highest BCUT2D eigenvalue weighted by atomic mass is 16.3. The van der Waals surface area contributed by atoms with Crippen molar-refractivity contribution >= 4 is 5.91 Å². The number of amides is 1. The van der Waals surface area contributed by atoms with Gasteiger partial charge in [0.1, 0.15) is 5.75 Å². The van der Waals surface area contributed by atoms with E-state index in [1.807, 2.05) is 11.6 Å². The van der Waals surface area contributed by atoms with Crippen LogP contribution in [0.5, 0.6) is 5.75 Å². The van der Waals surface area contributed by atoms with Crippen molar-refractivity contribution in [2.45, 2.75) is 40.7 Å². The van der Waals surface area contributed by atoms with Crippen molar-refractivity contribution in [1.82, 2.24) is 15.1 Å². The minimum atomic E-state index is -0.187. The summed E-state index contributed by atoms with van der Waals surface area (Å²) in [5.41, 5.74) is 4.70. The fourth-order valence-corrected chi connectivity index (χ4v) is 2.59. The highest BCUT2D eigenvalue weighted by molar-refractivity contribution is 5.94. The number of aromatic hydroxyl groups is 1. The number of hydrogen-bond donors (Lipinski definition) is 2. The second kappa shape index (κ2) is 6.64.